The molecule has 8 heteroatoms. The van der Waals surface area contributed by atoms with Crippen LogP contribution in [0.4, 0.5) is 10.1 Å². The van der Waals surface area contributed by atoms with Gasteiger partial charge in [0.05, 0.1) is 11.2 Å². The highest BCUT2D eigenvalue weighted by Gasteiger charge is 2.38. The number of oxazole rings is 1. The summed E-state index contributed by atoms with van der Waals surface area (Å²) in [6, 6.07) is 11.9. The third-order valence-electron chi connectivity index (χ3n) is 6.57. The number of nitrogens with zero attached hydrogens (tertiary/aromatic N) is 3. The normalized spacial score (nSPS) is 16.0. The lowest BCUT2D eigenvalue weighted by molar-refractivity contribution is 0.0999. The van der Waals surface area contributed by atoms with Crippen molar-refractivity contribution in [3.8, 4) is 0 Å². The van der Waals surface area contributed by atoms with E-state index >= 15 is 0 Å². The summed E-state index contributed by atoms with van der Waals surface area (Å²) in [4.78, 5) is 31.9. The summed E-state index contributed by atoms with van der Waals surface area (Å²) in [5.74, 6) is -0.559. The number of hydrogen-bond acceptors (Lipinski definition) is 5. The van der Waals surface area contributed by atoms with E-state index in [1.807, 2.05) is 29.2 Å². The molecular weight excluding hydrogens is 411 g/mol. The number of para-hydroxylation sites is 2. The molecule has 2 aromatic carbocycles. The minimum absolute atomic E-state index is 0.0722. The molecule has 0 aliphatic carbocycles. The SMILES string of the molecule is Cn1c(=O)c(C(N)=O)c(N2CCC(C)(c3nc4ccccc4o3)CC2)c2ccc(F)cc21. The fraction of sp³-hybridized carbons (Fsp3) is 0.292. The van der Waals surface area contributed by atoms with Crippen LogP contribution in [0.2, 0.25) is 0 Å². The molecule has 0 saturated carbocycles. The summed E-state index contributed by atoms with van der Waals surface area (Å²) in [7, 11) is 1.51. The fourth-order valence-corrected chi connectivity index (χ4v) is 4.61. The van der Waals surface area contributed by atoms with Crippen molar-refractivity contribution in [1.29, 1.82) is 0 Å². The van der Waals surface area contributed by atoms with Gasteiger partial charge in [-0.2, -0.15) is 0 Å². The van der Waals surface area contributed by atoms with Gasteiger partial charge in [-0.05, 0) is 43.2 Å². The first kappa shape index (κ1) is 20.2. The maximum absolute atomic E-state index is 13.9. The Kier molecular flexibility index (Phi) is 4.54. The van der Waals surface area contributed by atoms with Crippen molar-refractivity contribution in [3.63, 3.8) is 0 Å². The molecule has 0 radical (unpaired) electrons. The molecule has 1 fully saturated rings. The summed E-state index contributed by atoms with van der Waals surface area (Å²) in [6.45, 7) is 3.24. The van der Waals surface area contributed by atoms with Crippen molar-refractivity contribution in [2.24, 2.45) is 12.8 Å². The van der Waals surface area contributed by atoms with Gasteiger partial charge in [0.1, 0.15) is 16.9 Å². The van der Waals surface area contributed by atoms with Crippen LogP contribution in [0, 0.1) is 5.82 Å². The molecule has 3 heterocycles. The van der Waals surface area contributed by atoms with Gasteiger partial charge in [0.25, 0.3) is 11.5 Å². The molecule has 2 N–H and O–H groups in total. The average molecular weight is 434 g/mol. The van der Waals surface area contributed by atoms with Crippen molar-refractivity contribution in [2.45, 2.75) is 25.2 Å². The highest BCUT2D eigenvalue weighted by atomic mass is 19.1. The lowest BCUT2D eigenvalue weighted by atomic mass is 9.80. The first-order valence-electron chi connectivity index (χ1n) is 10.5. The molecule has 4 aromatic rings. The van der Waals surface area contributed by atoms with Crippen LogP contribution >= 0.6 is 0 Å². The smallest absolute Gasteiger partial charge is 0.265 e. The van der Waals surface area contributed by atoms with E-state index in [-0.39, 0.29) is 11.0 Å². The molecule has 1 saturated heterocycles. The Morgan fingerprint density at radius 3 is 2.59 bits per heavy atom. The number of halogens is 1. The predicted octanol–water partition coefficient (Wildman–Crippen LogP) is 3.48. The van der Waals surface area contributed by atoms with E-state index in [0.29, 0.717) is 48.4 Å². The summed E-state index contributed by atoms with van der Waals surface area (Å²) >= 11 is 0. The molecule has 0 unspecified atom stereocenters. The van der Waals surface area contributed by atoms with Crippen molar-refractivity contribution in [2.75, 3.05) is 18.0 Å². The predicted molar refractivity (Wildman–Crippen MR) is 120 cm³/mol. The Morgan fingerprint density at radius 2 is 1.91 bits per heavy atom. The number of nitrogens with two attached hydrogens (primary N) is 1. The third-order valence-corrected chi connectivity index (χ3v) is 6.57. The number of rotatable bonds is 3. The zero-order chi connectivity index (χ0) is 22.6. The molecule has 0 bridgehead atoms. The van der Waals surface area contributed by atoms with Crippen LogP contribution in [0.5, 0.6) is 0 Å². The number of pyridine rings is 1. The number of carbonyl (C=O) groups is 1. The number of carbonyl (C=O) groups excluding carboxylic acids is 1. The van der Waals surface area contributed by atoms with Crippen LogP contribution in [0.1, 0.15) is 36.0 Å². The maximum Gasteiger partial charge on any atom is 0.265 e. The van der Waals surface area contributed by atoms with Gasteiger partial charge in [0.15, 0.2) is 5.58 Å². The molecule has 0 atom stereocenters. The van der Waals surface area contributed by atoms with Gasteiger partial charge in [-0.15, -0.1) is 0 Å². The molecular formula is C24H23FN4O3. The average Bonchev–Trinajstić information content (AvgIpc) is 3.22. The molecule has 2 aromatic heterocycles. The second-order valence-electron chi connectivity index (χ2n) is 8.65. The molecule has 5 rings (SSSR count). The van der Waals surface area contributed by atoms with Gasteiger partial charge in [0.2, 0.25) is 5.89 Å². The van der Waals surface area contributed by atoms with E-state index in [0.717, 1.165) is 11.1 Å². The van der Waals surface area contributed by atoms with Crippen LogP contribution in [0.3, 0.4) is 0 Å². The van der Waals surface area contributed by atoms with Gasteiger partial charge in [0, 0.05) is 30.9 Å². The lowest BCUT2D eigenvalue weighted by Gasteiger charge is -2.39. The Morgan fingerprint density at radius 1 is 1.19 bits per heavy atom. The summed E-state index contributed by atoms with van der Waals surface area (Å²) in [5, 5.41) is 0.618. The van der Waals surface area contributed by atoms with Crippen molar-refractivity contribution in [3.05, 3.63) is 70.1 Å². The number of anilines is 1. The molecule has 32 heavy (non-hydrogen) atoms. The number of amides is 1. The Hall–Kier alpha value is -3.68. The minimum Gasteiger partial charge on any atom is -0.440 e. The lowest BCUT2D eigenvalue weighted by Crippen LogP contribution is -2.43. The quantitative estimate of drug-likeness (QED) is 0.533. The number of hydrogen-bond donors (Lipinski definition) is 1. The van der Waals surface area contributed by atoms with E-state index in [2.05, 4.69) is 11.9 Å². The maximum atomic E-state index is 13.9. The molecule has 7 nitrogen and oxygen atoms in total. The van der Waals surface area contributed by atoms with E-state index in [4.69, 9.17) is 10.2 Å². The van der Waals surface area contributed by atoms with E-state index in [9.17, 15) is 14.0 Å². The second-order valence-corrected chi connectivity index (χ2v) is 8.65. The van der Waals surface area contributed by atoms with Gasteiger partial charge in [-0.25, -0.2) is 9.37 Å². The van der Waals surface area contributed by atoms with Gasteiger partial charge in [-0.1, -0.05) is 19.1 Å². The Balaban J connectivity index is 1.56. The minimum atomic E-state index is -0.792. The Labute approximate surface area is 183 Å². The summed E-state index contributed by atoms with van der Waals surface area (Å²) in [6.07, 6.45) is 1.41. The van der Waals surface area contributed by atoms with E-state index < -0.39 is 17.3 Å². The monoisotopic (exact) mass is 434 g/mol. The molecule has 164 valence electrons. The van der Waals surface area contributed by atoms with Crippen LogP contribution in [-0.4, -0.2) is 28.5 Å². The summed E-state index contributed by atoms with van der Waals surface area (Å²) < 4.78 is 21.2. The third kappa shape index (κ3) is 3.05. The molecule has 0 spiro atoms. The highest BCUT2D eigenvalue weighted by molar-refractivity contribution is 6.07. The van der Waals surface area contributed by atoms with E-state index in [1.54, 1.807) is 6.07 Å². The van der Waals surface area contributed by atoms with Gasteiger partial charge in [-0.3, -0.25) is 9.59 Å². The number of fused-ring (bicyclic) bond motifs is 2. The first-order chi connectivity index (χ1) is 15.3. The number of piperidine rings is 1. The topological polar surface area (TPSA) is 94.4 Å². The molecule has 1 amide bonds. The van der Waals surface area contributed by atoms with Gasteiger partial charge >= 0.3 is 0 Å². The number of benzene rings is 2. The van der Waals surface area contributed by atoms with Gasteiger partial charge < -0.3 is 19.6 Å². The molecule has 1 aliphatic heterocycles. The number of aryl methyl sites for hydroxylation is 1. The van der Waals surface area contributed by atoms with Crippen LogP contribution < -0.4 is 16.2 Å². The van der Waals surface area contributed by atoms with Crippen LogP contribution in [0.25, 0.3) is 22.0 Å². The highest BCUT2D eigenvalue weighted by Crippen LogP contribution is 2.39. The second kappa shape index (κ2) is 7.19. The fourth-order valence-electron chi connectivity index (χ4n) is 4.61. The van der Waals surface area contributed by atoms with Crippen molar-refractivity contribution < 1.29 is 13.6 Å². The molecule has 1 aliphatic rings. The largest absolute Gasteiger partial charge is 0.440 e. The zero-order valence-corrected chi connectivity index (χ0v) is 17.9. The summed E-state index contributed by atoms with van der Waals surface area (Å²) in [5.41, 5.74) is 7.19. The number of aromatic nitrogens is 2. The first-order valence-corrected chi connectivity index (χ1v) is 10.5. The standard InChI is InChI=1S/C24H23FN4O3/c1-24(23-27-16-5-3-4-6-18(16)32-23)9-11-29(12-10-24)20-15-8-7-14(25)13-17(15)28(2)22(31)19(20)21(26)30/h3-8,13H,9-12H2,1-2H3,(H2,26,30). The number of primary amides is 1. The van der Waals surface area contributed by atoms with Crippen molar-refractivity contribution in [1.82, 2.24) is 9.55 Å². The Bertz CT molecular complexity index is 1400. The van der Waals surface area contributed by atoms with Crippen LogP contribution in [-0.2, 0) is 12.5 Å². The zero-order valence-electron chi connectivity index (χ0n) is 17.9. The van der Waals surface area contributed by atoms with Crippen LogP contribution in [0.15, 0.2) is 51.7 Å². The van der Waals surface area contributed by atoms with Crippen molar-refractivity contribution >= 4 is 33.6 Å². The van der Waals surface area contributed by atoms with E-state index in [1.165, 1.54) is 23.7 Å².